The summed E-state index contributed by atoms with van der Waals surface area (Å²) < 4.78 is 0. The van der Waals surface area contributed by atoms with Crippen molar-refractivity contribution in [1.29, 1.82) is 0 Å². The first kappa shape index (κ1) is 15.0. The second kappa shape index (κ2) is 5.90. The molecule has 1 aromatic rings. The van der Waals surface area contributed by atoms with Gasteiger partial charge in [0, 0.05) is 12.1 Å². The van der Waals surface area contributed by atoms with Gasteiger partial charge in [0.1, 0.15) is 0 Å². The maximum absolute atomic E-state index is 12.0. The molecule has 0 saturated heterocycles. The Labute approximate surface area is 121 Å². The number of nitro benzene ring substituents is 1. The maximum atomic E-state index is 12.0. The van der Waals surface area contributed by atoms with Crippen molar-refractivity contribution in [1.82, 2.24) is 5.32 Å². The Morgan fingerprint density at radius 1 is 1.38 bits per heavy atom. The van der Waals surface area contributed by atoms with Gasteiger partial charge in [-0.2, -0.15) is 0 Å². The van der Waals surface area contributed by atoms with E-state index in [1.54, 1.807) is 19.1 Å². The Morgan fingerprint density at radius 2 is 2.05 bits per heavy atom. The Balaban J connectivity index is 2.02. The lowest BCUT2D eigenvalue weighted by atomic mass is 9.73. The van der Waals surface area contributed by atoms with Gasteiger partial charge in [-0.15, -0.1) is 0 Å². The van der Waals surface area contributed by atoms with Crippen molar-refractivity contribution in [2.24, 2.45) is 11.8 Å². The number of nitro groups is 1. The van der Waals surface area contributed by atoms with Gasteiger partial charge in [0.2, 0.25) is 5.91 Å². The van der Waals surface area contributed by atoms with E-state index < -0.39 is 28.8 Å². The molecule has 1 fully saturated rings. The number of hydrogen-bond acceptors (Lipinski definition) is 4. The van der Waals surface area contributed by atoms with Crippen LogP contribution in [0.2, 0.25) is 0 Å². The van der Waals surface area contributed by atoms with Gasteiger partial charge in [0.25, 0.3) is 5.69 Å². The molecule has 1 amide bonds. The first-order valence-corrected chi connectivity index (χ1v) is 6.67. The molecule has 3 unspecified atom stereocenters. The maximum Gasteiger partial charge on any atom is 0.307 e. The molecule has 1 aromatic carbocycles. The number of carboxylic acid groups (broad SMARTS) is 1. The molecular formula is C14H16N2O5. The average Bonchev–Trinajstić information content (AvgIpc) is 2.36. The van der Waals surface area contributed by atoms with Crippen LogP contribution >= 0.6 is 0 Å². The van der Waals surface area contributed by atoms with Crippen molar-refractivity contribution in [2.45, 2.75) is 25.8 Å². The number of non-ortho nitro benzene ring substituents is 1. The van der Waals surface area contributed by atoms with E-state index in [4.69, 9.17) is 5.11 Å². The molecule has 0 bridgehead atoms. The topological polar surface area (TPSA) is 110 Å². The normalized spacial score (nSPS) is 22.0. The molecule has 7 heteroatoms. The third-order valence-corrected chi connectivity index (χ3v) is 3.87. The number of nitrogens with zero attached hydrogens (tertiary/aromatic N) is 1. The van der Waals surface area contributed by atoms with E-state index in [1.807, 2.05) is 0 Å². The fourth-order valence-electron chi connectivity index (χ4n) is 2.42. The van der Waals surface area contributed by atoms with E-state index in [0.717, 1.165) is 0 Å². The van der Waals surface area contributed by atoms with Crippen LogP contribution in [0.1, 0.15) is 31.4 Å². The highest BCUT2D eigenvalue weighted by atomic mass is 16.6. The van der Waals surface area contributed by atoms with Crippen molar-refractivity contribution >= 4 is 17.6 Å². The summed E-state index contributed by atoms with van der Waals surface area (Å²) in [5, 5.41) is 22.4. The highest BCUT2D eigenvalue weighted by Gasteiger charge is 2.41. The Bertz CT molecular complexity index is 586. The molecular weight excluding hydrogens is 276 g/mol. The van der Waals surface area contributed by atoms with Gasteiger partial charge in [-0.05, 0) is 25.3 Å². The second-order valence-electron chi connectivity index (χ2n) is 5.21. The van der Waals surface area contributed by atoms with E-state index in [1.165, 1.54) is 12.1 Å². The monoisotopic (exact) mass is 292 g/mol. The first-order chi connectivity index (χ1) is 9.90. The van der Waals surface area contributed by atoms with E-state index in [0.29, 0.717) is 18.4 Å². The molecule has 0 aromatic heterocycles. The number of carbonyl (C=O) groups excluding carboxylic acids is 1. The molecule has 2 rings (SSSR count). The Morgan fingerprint density at radius 3 is 2.57 bits per heavy atom. The quantitative estimate of drug-likeness (QED) is 0.636. The number of aliphatic carboxylic acids is 1. The Kier molecular flexibility index (Phi) is 4.21. The summed E-state index contributed by atoms with van der Waals surface area (Å²) in [5.74, 6) is -2.40. The molecule has 1 aliphatic rings. The minimum atomic E-state index is -0.954. The van der Waals surface area contributed by atoms with Crippen molar-refractivity contribution in [3.8, 4) is 0 Å². The highest BCUT2D eigenvalue weighted by Crippen LogP contribution is 2.35. The number of nitrogens with one attached hydrogen (secondary N) is 1. The van der Waals surface area contributed by atoms with E-state index >= 15 is 0 Å². The molecule has 2 N–H and O–H groups in total. The zero-order chi connectivity index (χ0) is 15.6. The summed E-state index contributed by atoms with van der Waals surface area (Å²) in [4.78, 5) is 33.2. The number of carbonyl (C=O) groups is 2. The number of benzene rings is 1. The minimum Gasteiger partial charge on any atom is -0.481 e. The summed E-state index contributed by atoms with van der Waals surface area (Å²) in [6.07, 6.45) is 1.07. The summed E-state index contributed by atoms with van der Waals surface area (Å²) in [6, 6.07) is 5.62. The van der Waals surface area contributed by atoms with Gasteiger partial charge in [0.05, 0.1) is 22.8 Å². The molecule has 1 aliphatic carbocycles. The predicted molar refractivity (Wildman–Crippen MR) is 73.5 cm³/mol. The standard InChI is InChI=1S/C14H16N2O5/c1-8(9-3-2-4-10(7-9)16(20)21)15-13(17)11-5-6-12(11)14(18)19/h2-4,7-8,11-12H,5-6H2,1H3,(H,15,17)(H,18,19). The average molecular weight is 292 g/mol. The molecule has 21 heavy (non-hydrogen) atoms. The third kappa shape index (κ3) is 3.18. The van der Waals surface area contributed by atoms with Crippen LogP contribution in [-0.2, 0) is 9.59 Å². The summed E-state index contributed by atoms with van der Waals surface area (Å²) in [6.45, 7) is 1.71. The first-order valence-electron chi connectivity index (χ1n) is 6.67. The van der Waals surface area contributed by atoms with Crippen molar-refractivity contribution in [3.05, 3.63) is 39.9 Å². The fourth-order valence-corrected chi connectivity index (χ4v) is 2.42. The molecule has 0 spiro atoms. The van der Waals surface area contributed by atoms with Gasteiger partial charge >= 0.3 is 5.97 Å². The van der Waals surface area contributed by atoms with E-state index in [-0.39, 0.29) is 11.6 Å². The lowest BCUT2D eigenvalue weighted by Gasteiger charge is -2.33. The van der Waals surface area contributed by atoms with E-state index in [2.05, 4.69) is 5.32 Å². The lowest BCUT2D eigenvalue weighted by Crippen LogP contribution is -2.44. The number of carboxylic acids is 1. The zero-order valence-electron chi connectivity index (χ0n) is 11.5. The van der Waals surface area contributed by atoms with Crippen molar-refractivity contribution in [3.63, 3.8) is 0 Å². The molecule has 7 nitrogen and oxygen atoms in total. The van der Waals surface area contributed by atoms with Crippen LogP contribution in [0.25, 0.3) is 0 Å². The SMILES string of the molecule is CC(NC(=O)C1CCC1C(=O)O)c1cccc([N+](=O)[O-])c1. The zero-order valence-corrected chi connectivity index (χ0v) is 11.5. The van der Waals surface area contributed by atoms with Crippen molar-refractivity contribution in [2.75, 3.05) is 0 Å². The summed E-state index contributed by atoms with van der Waals surface area (Å²) >= 11 is 0. The van der Waals surface area contributed by atoms with Crippen LogP contribution < -0.4 is 5.32 Å². The van der Waals surface area contributed by atoms with Crippen LogP contribution in [0.4, 0.5) is 5.69 Å². The third-order valence-electron chi connectivity index (χ3n) is 3.87. The minimum absolute atomic E-state index is 0.0411. The Hall–Kier alpha value is -2.44. The predicted octanol–water partition coefficient (Wildman–Crippen LogP) is 1.88. The molecule has 112 valence electrons. The number of hydrogen-bond donors (Lipinski definition) is 2. The van der Waals surface area contributed by atoms with Gasteiger partial charge in [-0.25, -0.2) is 0 Å². The molecule has 0 radical (unpaired) electrons. The van der Waals surface area contributed by atoms with Gasteiger partial charge in [-0.3, -0.25) is 19.7 Å². The number of amides is 1. The van der Waals surface area contributed by atoms with Crippen LogP contribution in [0.15, 0.2) is 24.3 Å². The molecule has 3 atom stereocenters. The second-order valence-corrected chi connectivity index (χ2v) is 5.21. The van der Waals surface area contributed by atoms with Crippen LogP contribution in [0.3, 0.4) is 0 Å². The van der Waals surface area contributed by atoms with Crippen LogP contribution in [0.5, 0.6) is 0 Å². The smallest absolute Gasteiger partial charge is 0.307 e. The molecule has 0 aliphatic heterocycles. The summed E-state index contributed by atoms with van der Waals surface area (Å²) in [7, 11) is 0. The summed E-state index contributed by atoms with van der Waals surface area (Å²) in [5.41, 5.74) is 0.574. The van der Waals surface area contributed by atoms with Gasteiger partial charge in [0.15, 0.2) is 0 Å². The largest absolute Gasteiger partial charge is 0.481 e. The van der Waals surface area contributed by atoms with Crippen LogP contribution in [0, 0.1) is 22.0 Å². The number of rotatable bonds is 5. The lowest BCUT2D eigenvalue weighted by molar-refractivity contribution is -0.384. The molecule has 1 saturated carbocycles. The molecule has 0 heterocycles. The van der Waals surface area contributed by atoms with Gasteiger partial charge < -0.3 is 10.4 Å². The van der Waals surface area contributed by atoms with Crippen molar-refractivity contribution < 1.29 is 19.6 Å². The fraction of sp³-hybridized carbons (Fsp3) is 0.429. The van der Waals surface area contributed by atoms with Gasteiger partial charge in [-0.1, -0.05) is 12.1 Å². The highest BCUT2D eigenvalue weighted by molar-refractivity contribution is 5.86. The van der Waals surface area contributed by atoms with Crippen LogP contribution in [-0.4, -0.2) is 21.9 Å². The van der Waals surface area contributed by atoms with E-state index in [9.17, 15) is 19.7 Å².